The monoisotopic (exact) mass is 249 g/mol. The van der Waals surface area contributed by atoms with Gasteiger partial charge in [-0.2, -0.15) is 0 Å². The molecule has 1 heterocycles. The number of phenolic OH excluding ortho intramolecular Hbond substituents is 1. The Bertz CT molecular complexity index is 468. The van der Waals surface area contributed by atoms with Crippen molar-refractivity contribution in [3.8, 4) is 11.5 Å². The summed E-state index contributed by atoms with van der Waals surface area (Å²) in [4.78, 5) is 14.2. The van der Waals surface area contributed by atoms with Gasteiger partial charge in [0.15, 0.2) is 0 Å². The topological polar surface area (TPSA) is 49.8 Å². The molecule has 98 valence electrons. The van der Waals surface area contributed by atoms with E-state index in [1.165, 1.54) is 13.2 Å². The lowest BCUT2D eigenvalue weighted by Crippen LogP contribution is -2.42. The van der Waals surface area contributed by atoms with Crippen LogP contribution in [0.5, 0.6) is 11.5 Å². The maximum absolute atomic E-state index is 12.4. The molecule has 4 heteroatoms. The van der Waals surface area contributed by atoms with Gasteiger partial charge < -0.3 is 14.7 Å². The summed E-state index contributed by atoms with van der Waals surface area (Å²) in [7, 11) is 1.53. The molecule has 1 N–H and O–H groups in total. The molecule has 2 rings (SSSR count). The van der Waals surface area contributed by atoms with Gasteiger partial charge in [0, 0.05) is 18.2 Å². The van der Waals surface area contributed by atoms with Crippen LogP contribution in [0.15, 0.2) is 18.2 Å². The van der Waals surface area contributed by atoms with Crippen LogP contribution in [0.3, 0.4) is 0 Å². The van der Waals surface area contributed by atoms with E-state index in [1.54, 1.807) is 12.1 Å². The number of ether oxygens (including phenoxy) is 1. The van der Waals surface area contributed by atoms with E-state index in [4.69, 9.17) is 4.74 Å². The highest BCUT2D eigenvalue weighted by molar-refractivity contribution is 5.97. The van der Waals surface area contributed by atoms with Crippen LogP contribution in [0.4, 0.5) is 0 Å². The number of likely N-dealkylation sites (tertiary alicyclic amines) is 1. The van der Waals surface area contributed by atoms with Crippen LogP contribution >= 0.6 is 0 Å². The molecule has 1 aliphatic heterocycles. The highest BCUT2D eigenvalue weighted by atomic mass is 16.5. The summed E-state index contributed by atoms with van der Waals surface area (Å²) in [6.07, 6.45) is 2.01. The van der Waals surface area contributed by atoms with Crippen LogP contribution in [0.1, 0.15) is 37.0 Å². The van der Waals surface area contributed by atoms with Gasteiger partial charge in [0.05, 0.1) is 12.7 Å². The Hall–Kier alpha value is -1.71. The van der Waals surface area contributed by atoms with Crippen molar-refractivity contribution in [2.45, 2.75) is 32.2 Å². The third kappa shape index (κ3) is 2.15. The number of amides is 1. The number of rotatable bonds is 2. The Kier molecular flexibility index (Phi) is 3.20. The largest absolute Gasteiger partial charge is 0.507 e. The lowest BCUT2D eigenvalue weighted by Gasteiger charge is -2.31. The third-order valence-electron chi connectivity index (χ3n) is 3.58. The number of methoxy groups -OCH3 is 1. The van der Waals surface area contributed by atoms with Gasteiger partial charge in [-0.3, -0.25) is 4.79 Å². The fourth-order valence-electron chi connectivity index (χ4n) is 2.45. The quantitative estimate of drug-likeness (QED) is 0.875. The molecule has 0 radical (unpaired) electrons. The summed E-state index contributed by atoms with van der Waals surface area (Å²) in [6.45, 7) is 4.86. The highest BCUT2D eigenvalue weighted by Crippen LogP contribution is 2.32. The van der Waals surface area contributed by atoms with Crippen LogP contribution in [-0.4, -0.2) is 35.1 Å². The second kappa shape index (κ2) is 4.52. The number of phenols is 1. The summed E-state index contributed by atoms with van der Waals surface area (Å²) in [5.41, 5.74) is 0.203. The molecule has 4 nitrogen and oxygen atoms in total. The fourth-order valence-corrected chi connectivity index (χ4v) is 2.45. The molecule has 18 heavy (non-hydrogen) atoms. The molecule has 1 aliphatic rings. The maximum atomic E-state index is 12.4. The van der Waals surface area contributed by atoms with Crippen LogP contribution in [-0.2, 0) is 0 Å². The van der Waals surface area contributed by atoms with Crippen molar-refractivity contribution in [1.82, 2.24) is 4.90 Å². The van der Waals surface area contributed by atoms with E-state index in [0.29, 0.717) is 11.3 Å². The predicted molar refractivity (Wildman–Crippen MR) is 69.0 cm³/mol. The van der Waals surface area contributed by atoms with Gasteiger partial charge in [0.2, 0.25) is 0 Å². The van der Waals surface area contributed by atoms with Crippen LogP contribution in [0.25, 0.3) is 0 Å². The first kappa shape index (κ1) is 12.7. The third-order valence-corrected chi connectivity index (χ3v) is 3.58. The first-order valence-corrected chi connectivity index (χ1v) is 6.15. The van der Waals surface area contributed by atoms with Crippen molar-refractivity contribution in [2.24, 2.45) is 0 Å². The molecule has 1 amide bonds. The van der Waals surface area contributed by atoms with Crippen LogP contribution in [0.2, 0.25) is 0 Å². The SMILES string of the molecule is COc1ccc(C(=O)N2CCCC2(C)C)c(O)c1. The van der Waals surface area contributed by atoms with Gasteiger partial charge in [-0.1, -0.05) is 0 Å². The molecular formula is C14H19NO3. The Labute approximate surface area is 107 Å². The minimum Gasteiger partial charge on any atom is -0.507 e. The summed E-state index contributed by atoms with van der Waals surface area (Å²) in [5, 5.41) is 9.90. The van der Waals surface area contributed by atoms with Crippen molar-refractivity contribution in [3.05, 3.63) is 23.8 Å². The van der Waals surface area contributed by atoms with E-state index < -0.39 is 0 Å². The zero-order valence-corrected chi connectivity index (χ0v) is 11.1. The van der Waals surface area contributed by atoms with E-state index >= 15 is 0 Å². The van der Waals surface area contributed by atoms with E-state index in [0.717, 1.165) is 19.4 Å². The second-order valence-electron chi connectivity index (χ2n) is 5.26. The number of carbonyl (C=O) groups excluding carboxylic acids is 1. The van der Waals surface area contributed by atoms with Crippen molar-refractivity contribution in [3.63, 3.8) is 0 Å². The van der Waals surface area contributed by atoms with Gasteiger partial charge in [-0.25, -0.2) is 0 Å². The van der Waals surface area contributed by atoms with Crippen molar-refractivity contribution >= 4 is 5.91 Å². The number of nitrogens with zero attached hydrogens (tertiary/aromatic N) is 1. The highest BCUT2D eigenvalue weighted by Gasteiger charge is 2.36. The van der Waals surface area contributed by atoms with Gasteiger partial charge in [0.1, 0.15) is 11.5 Å². The van der Waals surface area contributed by atoms with Crippen molar-refractivity contribution < 1.29 is 14.6 Å². The molecule has 1 fully saturated rings. The predicted octanol–water partition coefficient (Wildman–Crippen LogP) is 2.42. The van der Waals surface area contributed by atoms with E-state index in [1.807, 2.05) is 4.90 Å². The Morgan fingerprint density at radius 1 is 1.44 bits per heavy atom. The number of carbonyl (C=O) groups is 1. The standard InChI is InChI=1S/C14H19NO3/c1-14(2)7-4-8-15(14)13(17)11-6-5-10(18-3)9-12(11)16/h5-6,9,16H,4,7-8H2,1-3H3. The molecule has 0 aliphatic carbocycles. The van der Waals surface area contributed by atoms with Crippen LogP contribution < -0.4 is 4.74 Å². The molecule has 0 saturated carbocycles. The Balaban J connectivity index is 2.29. The van der Waals surface area contributed by atoms with E-state index in [2.05, 4.69) is 13.8 Å². The molecular weight excluding hydrogens is 230 g/mol. The van der Waals surface area contributed by atoms with Gasteiger partial charge in [-0.05, 0) is 38.8 Å². The second-order valence-corrected chi connectivity index (χ2v) is 5.26. The molecule has 0 spiro atoms. The Morgan fingerprint density at radius 3 is 2.67 bits per heavy atom. The van der Waals surface area contributed by atoms with Gasteiger partial charge in [0.25, 0.3) is 5.91 Å². The summed E-state index contributed by atoms with van der Waals surface area (Å²) >= 11 is 0. The van der Waals surface area contributed by atoms with E-state index in [-0.39, 0.29) is 17.2 Å². The molecule has 1 aromatic carbocycles. The Morgan fingerprint density at radius 2 is 2.17 bits per heavy atom. The maximum Gasteiger partial charge on any atom is 0.258 e. The van der Waals surface area contributed by atoms with Crippen molar-refractivity contribution in [2.75, 3.05) is 13.7 Å². The zero-order valence-electron chi connectivity index (χ0n) is 11.1. The lowest BCUT2D eigenvalue weighted by atomic mass is 10.0. The molecule has 0 atom stereocenters. The molecule has 0 aromatic heterocycles. The number of hydrogen-bond donors (Lipinski definition) is 1. The normalized spacial score (nSPS) is 17.8. The van der Waals surface area contributed by atoms with Gasteiger partial charge in [-0.15, -0.1) is 0 Å². The first-order valence-electron chi connectivity index (χ1n) is 6.15. The summed E-state index contributed by atoms with van der Waals surface area (Å²) < 4.78 is 5.01. The van der Waals surface area contributed by atoms with Crippen molar-refractivity contribution in [1.29, 1.82) is 0 Å². The smallest absolute Gasteiger partial charge is 0.258 e. The lowest BCUT2D eigenvalue weighted by molar-refractivity contribution is 0.0649. The van der Waals surface area contributed by atoms with Gasteiger partial charge >= 0.3 is 0 Å². The minimum atomic E-state index is -0.135. The van der Waals surface area contributed by atoms with E-state index in [9.17, 15) is 9.90 Å². The number of hydrogen-bond acceptors (Lipinski definition) is 3. The first-order chi connectivity index (χ1) is 8.45. The summed E-state index contributed by atoms with van der Waals surface area (Å²) in [5.74, 6) is 0.407. The number of aromatic hydroxyl groups is 1. The summed E-state index contributed by atoms with van der Waals surface area (Å²) in [6, 6.07) is 4.78. The number of benzene rings is 1. The molecule has 1 saturated heterocycles. The van der Waals surface area contributed by atoms with Crippen LogP contribution in [0, 0.1) is 0 Å². The zero-order chi connectivity index (χ0) is 13.3. The average molecular weight is 249 g/mol. The molecule has 1 aromatic rings. The molecule has 0 unspecified atom stereocenters. The average Bonchev–Trinajstić information content (AvgIpc) is 2.68. The minimum absolute atomic E-state index is 0.0259. The fraction of sp³-hybridized carbons (Fsp3) is 0.500. The molecule has 0 bridgehead atoms.